The third kappa shape index (κ3) is 10.4. The zero-order valence-electron chi connectivity index (χ0n) is 18.4. The van der Waals surface area contributed by atoms with Crippen molar-refractivity contribution in [3.05, 3.63) is 18.2 Å². The lowest BCUT2D eigenvalue weighted by Crippen LogP contribution is -2.56. The molecule has 1 aromatic heterocycles. The summed E-state index contributed by atoms with van der Waals surface area (Å²) in [5.41, 5.74) is 6.29. The van der Waals surface area contributed by atoms with Crippen molar-refractivity contribution < 1.29 is 34.2 Å². The molecule has 14 heteroatoms. The average Bonchev–Trinajstić information content (AvgIpc) is 3.26. The Hall–Kier alpha value is -3.13. The first kappa shape index (κ1) is 27.9. The van der Waals surface area contributed by atoms with Crippen LogP contribution in [-0.4, -0.2) is 86.0 Å². The topological polar surface area (TPSA) is 217 Å². The summed E-state index contributed by atoms with van der Waals surface area (Å²) in [7, 11) is 0. The predicted octanol–water partition coefficient (Wildman–Crippen LogP) is -1.54. The van der Waals surface area contributed by atoms with Crippen LogP contribution in [0.4, 0.5) is 0 Å². The van der Waals surface area contributed by atoms with Crippen LogP contribution in [-0.2, 0) is 30.4 Å². The molecule has 0 spiro atoms. The standard InChI is InChI=1S/C19H30N6O7S/c1-10(16(28)25-14(19(31)32)7-11-8-21-9-22-11)23-18(30)13(3-4-15(26)27)24-17(29)12(20)5-6-33-2/h8-10,12-14H,3-7,20H2,1-2H3,(H,21,22)(H,23,30)(H,24,29)(H,25,28)(H,26,27)(H,31,32). The number of carbonyl (C=O) groups excluding carboxylic acids is 3. The Morgan fingerprint density at radius 2 is 1.73 bits per heavy atom. The molecule has 8 N–H and O–H groups in total. The highest BCUT2D eigenvalue weighted by Crippen LogP contribution is 2.04. The molecular weight excluding hydrogens is 456 g/mol. The van der Waals surface area contributed by atoms with Gasteiger partial charge in [0.2, 0.25) is 17.7 Å². The van der Waals surface area contributed by atoms with Crippen LogP contribution in [0.25, 0.3) is 0 Å². The number of amides is 3. The van der Waals surface area contributed by atoms with Gasteiger partial charge in [0.25, 0.3) is 0 Å². The fraction of sp³-hybridized carbons (Fsp3) is 0.579. The van der Waals surface area contributed by atoms with Crippen molar-refractivity contribution in [2.24, 2.45) is 5.73 Å². The summed E-state index contributed by atoms with van der Waals surface area (Å²) >= 11 is 1.50. The number of imidazole rings is 1. The van der Waals surface area contributed by atoms with E-state index < -0.39 is 60.2 Å². The predicted molar refractivity (Wildman–Crippen MR) is 119 cm³/mol. The van der Waals surface area contributed by atoms with Crippen LogP contribution in [0.3, 0.4) is 0 Å². The first-order valence-corrected chi connectivity index (χ1v) is 11.5. The number of carboxylic acid groups (broad SMARTS) is 2. The van der Waals surface area contributed by atoms with Gasteiger partial charge in [0, 0.05) is 24.7 Å². The maximum absolute atomic E-state index is 12.6. The summed E-state index contributed by atoms with van der Waals surface area (Å²) in [5, 5.41) is 25.4. The van der Waals surface area contributed by atoms with Gasteiger partial charge in [-0.1, -0.05) is 0 Å². The number of aromatic amines is 1. The Morgan fingerprint density at radius 3 is 2.27 bits per heavy atom. The molecule has 0 radical (unpaired) electrons. The van der Waals surface area contributed by atoms with E-state index in [1.54, 1.807) is 0 Å². The molecular formula is C19H30N6O7S. The summed E-state index contributed by atoms with van der Waals surface area (Å²) in [6.07, 6.45) is 4.35. The van der Waals surface area contributed by atoms with Crippen molar-refractivity contribution in [1.82, 2.24) is 25.9 Å². The second kappa shape index (κ2) is 14.1. The highest BCUT2D eigenvalue weighted by atomic mass is 32.2. The number of aliphatic carboxylic acids is 2. The number of aromatic nitrogens is 2. The number of nitrogens with zero attached hydrogens (tertiary/aromatic N) is 1. The van der Waals surface area contributed by atoms with Gasteiger partial charge in [-0.25, -0.2) is 9.78 Å². The molecule has 0 saturated carbocycles. The summed E-state index contributed by atoms with van der Waals surface area (Å²) in [5.74, 6) is -3.98. The average molecular weight is 487 g/mol. The van der Waals surface area contributed by atoms with Gasteiger partial charge in [0.15, 0.2) is 0 Å². The number of carboxylic acids is 2. The molecule has 0 fully saturated rings. The Kier molecular flexibility index (Phi) is 11.9. The number of nitrogens with two attached hydrogens (primary N) is 1. The minimum absolute atomic E-state index is 0.0486. The number of nitrogens with one attached hydrogen (secondary N) is 4. The van der Waals surface area contributed by atoms with Crippen LogP contribution in [0.2, 0.25) is 0 Å². The normalized spacial score (nSPS) is 14.4. The molecule has 1 aromatic rings. The highest BCUT2D eigenvalue weighted by Gasteiger charge is 2.28. The Balaban J connectivity index is 2.75. The fourth-order valence-corrected chi connectivity index (χ4v) is 3.17. The third-order valence-electron chi connectivity index (χ3n) is 4.60. The summed E-state index contributed by atoms with van der Waals surface area (Å²) in [6, 6.07) is -4.54. The third-order valence-corrected chi connectivity index (χ3v) is 5.24. The number of hydrogen-bond donors (Lipinski definition) is 7. The van der Waals surface area contributed by atoms with E-state index in [4.69, 9.17) is 10.8 Å². The molecule has 4 atom stereocenters. The molecule has 4 unspecified atom stereocenters. The highest BCUT2D eigenvalue weighted by molar-refractivity contribution is 7.98. The lowest BCUT2D eigenvalue weighted by Gasteiger charge is -2.23. The van der Waals surface area contributed by atoms with Crippen molar-refractivity contribution in [1.29, 1.82) is 0 Å². The molecule has 13 nitrogen and oxygen atoms in total. The van der Waals surface area contributed by atoms with Gasteiger partial charge >= 0.3 is 11.9 Å². The van der Waals surface area contributed by atoms with Crippen LogP contribution in [0.5, 0.6) is 0 Å². The fourth-order valence-electron chi connectivity index (χ4n) is 2.68. The Labute approximate surface area is 194 Å². The van der Waals surface area contributed by atoms with E-state index in [2.05, 4.69) is 25.9 Å². The van der Waals surface area contributed by atoms with Gasteiger partial charge in [-0.2, -0.15) is 11.8 Å². The zero-order chi connectivity index (χ0) is 25.0. The first-order chi connectivity index (χ1) is 15.5. The second-order valence-electron chi connectivity index (χ2n) is 7.29. The quantitative estimate of drug-likeness (QED) is 0.151. The molecule has 0 aliphatic carbocycles. The lowest BCUT2D eigenvalue weighted by molar-refractivity contribution is -0.142. The number of carbonyl (C=O) groups is 5. The Morgan fingerprint density at radius 1 is 1.06 bits per heavy atom. The molecule has 0 aliphatic rings. The summed E-state index contributed by atoms with van der Waals surface area (Å²) in [4.78, 5) is 66.3. The number of thioether (sulfide) groups is 1. The maximum atomic E-state index is 12.6. The molecule has 0 saturated heterocycles. The van der Waals surface area contributed by atoms with E-state index >= 15 is 0 Å². The van der Waals surface area contributed by atoms with Crippen LogP contribution < -0.4 is 21.7 Å². The molecule has 0 bridgehead atoms. The number of H-pyrrole nitrogens is 1. The number of hydrogen-bond acceptors (Lipinski definition) is 8. The van der Waals surface area contributed by atoms with Crippen molar-refractivity contribution in [2.45, 2.75) is 56.8 Å². The van der Waals surface area contributed by atoms with Gasteiger partial charge in [-0.05, 0) is 31.8 Å². The van der Waals surface area contributed by atoms with Crippen molar-refractivity contribution in [3.63, 3.8) is 0 Å². The SMILES string of the molecule is CSCCC(N)C(=O)NC(CCC(=O)O)C(=O)NC(C)C(=O)NC(Cc1cnc[nH]1)C(=O)O. The molecule has 33 heavy (non-hydrogen) atoms. The molecule has 3 amide bonds. The largest absolute Gasteiger partial charge is 0.481 e. The van der Waals surface area contributed by atoms with Crippen molar-refractivity contribution in [2.75, 3.05) is 12.0 Å². The van der Waals surface area contributed by atoms with E-state index in [9.17, 15) is 29.1 Å². The van der Waals surface area contributed by atoms with Gasteiger partial charge in [0.1, 0.15) is 18.1 Å². The minimum Gasteiger partial charge on any atom is -0.481 e. The molecule has 1 heterocycles. The number of rotatable bonds is 15. The van der Waals surface area contributed by atoms with E-state index in [1.165, 1.54) is 31.2 Å². The van der Waals surface area contributed by atoms with E-state index in [0.717, 1.165) is 0 Å². The smallest absolute Gasteiger partial charge is 0.326 e. The lowest BCUT2D eigenvalue weighted by atomic mass is 10.1. The summed E-state index contributed by atoms with van der Waals surface area (Å²) in [6.45, 7) is 1.34. The van der Waals surface area contributed by atoms with Crippen molar-refractivity contribution in [3.8, 4) is 0 Å². The monoisotopic (exact) mass is 486 g/mol. The van der Waals surface area contributed by atoms with Crippen LogP contribution in [0.1, 0.15) is 31.9 Å². The van der Waals surface area contributed by atoms with Gasteiger partial charge in [-0.15, -0.1) is 0 Å². The molecule has 1 rings (SSSR count). The zero-order valence-corrected chi connectivity index (χ0v) is 19.2. The van der Waals surface area contributed by atoms with Gasteiger partial charge in [0.05, 0.1) is 12.4 Å². The van der Waals surface area contributed by atoms with Gasteiger partial charge in [-0.3, -0.25) is 19.2 Å². The van der Waals surface area contributed by atoms with Crippen molar-refractivity contribution >= 4 is 41.4 Å². The minimum atomic E-state index is -1.28. The molecule has 184 valence electrons. The van der Waals surface area contributed by atoms with Crippen LogP contribution in [0.15, 0.2) is 12.5 Å². The van der Waals surface area contributed by atoms with E-state index in [-0.39, 0.29) is 12.8 Å². The van der Waals surface area contributed by atoms with E-state index in [1.807, 2.05) is 6.26 Å². The first-order valence-electron chi connectivity index (χ1n) is 10.1. The molecule has 0 aromatic carbocycles. The molecule has 0 aliphatic heterocycles. The van der Waals surface area contributed by atoms with E-state index in [0.29, 0.717) is 17.9 Å². The Bertz CT molecular complexity index is 820. The maximum Gasteiger partial charge on any atom is 0.326 e. The van der Waals surface area contributed by atoms with Crippen LogP contribution >= 0.6 is 11.8 Å². The second-order valence-corrected chi connectivity index (χ2v) is 8.28. The van der Waals surface area contributed by atoms with Gasteiger partial charge < -0.3 is 36.9 Å². The summed E-state index contributed by atoms with van der Waals surface area (Å²) < 4.78 is 0. The van der Waals surface area contributed by atoms with Crippen LogP contribution in [0, 0.1) is 0 Å².